The first-order valence-electron chi connectivity index (χ1n) is 9.89. The molecule has 0 saturated carbocycles. The fourth-order valence-corrected chi connectivity index (χ4v) is 4.80. The number of amides is 1. The molecule has 0 fully saturated rings. The van der Waals surface area contributed by atoms with E-state index in [2.05, 4.69) is 5.32 Å². The van der Waals surface area contributed by atoms with Crippen LogP contribution in [0.5, 0.6) is 5.75 Å². The molecule has 0 aliphatic rings. The minimum atomic E-state index is -3.98. The van der Waals surface area contributed by atoms with Crippen LogP contribution in [0.4, 0.5) is 5.69 Å². The monoisotopic (exact) mass is 438 g/mol. The Hall–Kier alpha value is -3.32. The zero-order chi connectivity index (χ0) is 22.4. The van der Waals surface area contributed by atoms with Crippen molar-refractivity contribution < 1.29 is 17.9 Å². The predicted octanol–water partition coefficient (Wildman–Crippen LogP) is 4.08. The highest BCUT2D eigenvalue weighted by atomic mass is 32.2. The molecule has 0 saturated heterocycles. The molecule has 1 N–H and O–H groups in total. The van der Waals surface area contributed by atoms with E-state index < -0.39 is 15.9 Å². The van der Waals surface area contributed by atoms with Gasteiger partial charge in [-0.2, -0.15) is 0 Å². The maximum atomic E-state index is 13.5. The minimum absolute atomic E-state index is 0.0959. The molecule has 3 aromatic carbocycles. The van der Waals surface area contributed by atoms with E-state index in [9.17, 15) is 13.2 Å². The second kappa shape index (κ2) is 9.66. The number of rotatable bonds is 8. The van der Waals surface area contributed by atoms with Crippen LogP contribution in [0.15, 0.2) is 83.8 Å². The summed E-state index contributed by atoms with van der Waals surface area (Å²) in [5, 5.41) is 2.88. The quantitative estimate of drug-likeness (QED) is 0.575. The molecule has 7 heteroatoms. The van der Waals surface area contributed by atoms with Gasteiger partial charge in [0, 0.05) is 0 Å². The van der Waals surface area contributed by atoms with Crippen LogP contribution in [0.25, 0.3) is 0 Å². The summed E-state index contributed by atoms with van der Waals surface area (Å²) in [7, 11) is -2.45. The zero-order valence-corrected chi connectivity index (χ0v) is 18.6. The third-order valence-electron chi connectivity index (χ3n) is 4.96. The number of hydrogen-bond acceptors (Lipinski definition) is 4. The molecule has 0 aliphatic carbocycles. The average molecular weight is 439 g/mol. The number of carbonyl (C=O) groups excluding carboxylic acids is 1. The van der Waals surface area contributed by atoms with Crippen LogP contribution in [0.1, 0.15) is 24.1 Å². The number of nitrogens with zero attached hydrogens (tertiary/aromatic N) is 1. The van der Waals surface area contributed by atoms with E-state index in [-0.39, 0.29) is 17.5 Å². The molecule has 6 nitrogen and oxygen atoms in total. The van der Waals surface area contributed by atoms with Gasteiger partial charge in [-0.25, -0.2) is 8.42 Å². The lowest BCUT2D eigenvalue weighted by Crippen LogP contribution is -2.41. The molecular weight excluding hydrogens is 412 g/mol. The lowest BCUT2D eigenvalue weighted by atomic mass is 10.1. The van der Waals surface area contributed by atoms with Gasteiger partial charge < -0.3 is 10.1 Å². The number of aryl methyl sites for hydroxylation is 1. The van der Waals surface area contributed by atoms with E-state index in [1.807, 2.05) is 37.3 Å². The van der Waals surface area contributed by atoms with Crippen molar-refractivity contribution in [3.8, 4) is 5.75 Å². The normalized spacial score (nSPS) is 12.1. The molecule has 0 bridgehead atoms. The molecule has 31 heavy (non-hydrogen) atoms. The summed E-state index contributed by atoms with van der Waals surface area (Å²) in [6.07, 6.45) is 0. The number of ether oxygens (including phenoxy) is 1. The number of nitrogens with one attached hydrogen (secondary N) is 1. The Labute approximate surface area is 183 Å². The number of benzene rings is 3. The van der Waals surface area contributed by atoms with Crippen LogP contribution in [-0.4, -0.2) is 28.0 Å². The molecule has 0 heterocycles. The van der Waals surface area contributed by atoms with E-state index in [4.69, 9.17) is 4.74 Å². The highest BCUT2D eigenvalue weighted by Crippen LogP contribution is 2.27. The first-order chi connectivity index (χ1) is 14.8. The predicted molar refractivity (Wildman–Crippen MR) is 122 cm³/mol. The third kappa shape index (κ3) is 5.24. The Morgan fingerprint density at radius 3 is 2.19 bits per heavy atom. The molecule has 0 aliphatic heterocycles. The van der Waals surface area contributed by atoms with Gasteiger partial charge in [0.05, 0.1) is 23.7 Å². The number of sulfonamides is 1. The van der Waals surface area contributed by atoms with Gasteiger partial charge in [0.25, 0.3) is 10.0 Å². The number of hydrogen-bond donors (Lipinski definition) is 1. The summed E-state index contributed by atoms with van der Waals surface area (Å²) >= 11 is 0. The molecule has 0 unspecified atom stereocenters. The summed E-state index contributed by atoms with van der Waals surface area (Å²) in [5.41, 5.74) is 2.05. The van der Waals surface area contributed by atoms with E-state index in [0.717, 1.165) is 9.87 Å². The Morgan fingerprint density at radius 1 is 1.00 bits per heavy atom. The van der Waals surface area contributed by atoms with Gasteiger partial charge in [-0.1, -0.05) is 48.5 Å². The Morgan fingerprint density at radius 2 is 1.61 bits per heavy atom. The standard InChI is InChI=1S/C24H26N2O4S/c1-18-16-22(14-15-23(18)30-3)31(28,29)26(21-12-8-5-9-13-21)17-24(27)25-19(2)20-10-6-4-7-11-20/h4-16,19H,17H2,1-3H3,(H,25,27)/t19-/m1/s1. The van der Waals surface area contributed by atoms with Crippen molar-refractivity contribution in [2.24, 2.45) is 0 Å². The van der Waals surface area contributed by atoms with E-state index in [1.54, 1.807) is 49.4 Å². The van der Waals surface area contributed by atoms with Crippen LogP contribution >= 0.6 is 0 Å². The van der Waals surface area contributed by atoms with Gasteiger partial charge in [-0.15, -0.1) is 0 Å². The zero-order valence-electron chi connectivity index (χ0n) is 17.8. The SMILES string of the molecule is COc1ccc(S(=O)(=O)N(CC(=O)N[C@H](C)c2ccccc2)c2ccccc2)cc1C. The molecule has 3 rings (SSSR count). The minimum Gasteiger partial charge on any atom is -0.496 e. The van der Waals surface area contributed by atoms with Crippen molar-refractivity contribution in [1.82, 2.24) is 5.32 Å². The highest BCUT2D eigenvalue weighted by Gasteiger charge is 2.28. The van der Waals surface area contributed by atoms with E-state index in [1.165, 1.54) is 13.2 Å². The molecule has 1 amide bonds. The largest absolute Gasteiger partial charge is 0.496 e. The van der Waals surface area contributed by atoms with Gasteiger partial charge in [0.1, 0.15) is 12.3 Å². The van der Waals surface area contributed by atoms with Crippen LogP contribution in [0, 0.1) is 6.92 Å². The Bertz CT molecular complexity index is 1130. The first-order valence-corrected chi connectivity index (χ1v) is 11.3. The summed E-state index contributed by atoms with van der Waals surface area (Å²) < 4.78 is 33.3. The number of anilines is 1. The van der Waals surface area contributed by atoms with Crippen molar-refractivity contribution >= 4 is 21.6 Å². The third-order valence-corrected chi connectivity index (χ3v) is 6.73. The summed E-state index contributed by atoms with van der Waals surface area (Å²) in [6.45, 7) is 3.30. The summed E-state index contributed by atoms with van der Waals surface area (Å²) in [5.74, 6) is 0.202. The van der Waals surface area contributed by atoms with Gasteiger partial charge >= 0.3 is 0 Å². The van der Waals surface area contributed by atoms with Gasteiger partial charge in [-0.3, -0.25) is 9.10 Å². The second-order valence-electron chi connectivity index (χ2n) is 7.18. The Balaban J connectivity index is 1.90. The van der Waals surface area contributed by atoms with Crippen molar-refractivity contribution in [2.75, 3.05) is 18.0 Å². The van der Waals surface area contributed by atoms with Crippen molar-refractivity contribution in [2.45, 2.75) is 24.8 Å². The van der Waals surface area contributed by atoms with Crippen molar-refractivity contribution in [1.29, 1.82) is 0 Å². The lowest BCUT2D eigenvalue weighted by molar-refractivity contribution is -0.120. The van der Waals surface area contributed by atoms with Gasteiger partial charge in [0.2, 0.25) is 5.91 Å². The van der Waals surface area contributed by atoms with E-state index in [0.29, 0.717) is 17.0 Å². The molecule has 162 valence electrons. The maximum absolute atomic E-state index is 13.5. The van der Waals surface area contributed by atoms with Crippen LogP contribution in [0.3, 0.4) is 0 Å². The summed E-state index contributed by atoms with van der Waals surface area (Å²) in [4.78, 5) is 12.9. The molecular formula is C24H26N2O4S. The second-order valence-corrected chi connectivity index (χ2v) is 9.04. The number of methoxy groups -OCH3 is 1. The van der Waals surface area contributed by atoms with Crippen LogP contribution in [-0.2, 0) is 14.8 Å². The fraction of sp³-hybridized carbons (Fsp3) is 0.208. The van der Waals surface area contributed by atoms with E-state index >= 15 is 0 Å². The molecule has 0 spiro atoms. The lowest BCUT2D eigenvalue weighted by Gasteiger charge is -2.25. The first kappa shape index (κ1) is 22.4. The molecule has 0 radical (unpaired) electrons. The topological polar surface area (TPSA) is 75.7 Å². The van der Waals surface area contributed by atoms with Crippen LogP contribution in [0.2, 0.25) is 0 Å². The molecule has 1 atom stereocenters. The molecule has 3 aromatic rings. The van der Waals surface area contributed by atoms with Crippen molar-refractivity contribution in [3.63, 3.8) is 0 Å². The Kier molecular flexibility index (Phi) is 6.97. The van der Waals surface area contributed by atoms with Crippen LogP contribution < -0.4 is 14.4 Å². The maximum Gasteiger partial charge on any atom is 0.264 e. The number of para-hydroxylation sites is 1. The fourth-order valence-electron chi connectivity index (χ4n) is 3.29. The highest BCUT2D eigenvalue weighted by molar-refractivity contribution is 7.92. The van der Waals surface area contributed by atoms with Crippen molar-refractivity contribution in [3.05, 3.63) is 90.0 Å². The van der Waals surface area contributed by atoms with Gasteiger partial charge in [0.15, 0.2) is 0 Å². The summed E-state index contributed by atoms with van der Waals surface area (Å²) in [6, 6.07) is 22.5. The number of carbonyl (C=O) groups is 1. The molecule has 0 aromatic heterocycles. The average Bonchev–Trinajstić information content (AvgIpc) is 2.78. The van der Waals surface area contributed by atoms with Gasteiger partial charge in [-0.05, 0) is 55.3 Å². The smallest absolute Gasteiger partial charge is 0.264 e.